The van der Waals surface area contributed by atoms with Gasteiger partial charge >= 0.3 is 6.09 Å². The average molecular weight is 422 g/mol. The summed E-state index contributed by atoms with van der Waals surface area (Å²) >= 11 is 9.67. The maximum Gasteiger partial charge on any atom is 0.407 e. The smallest absolute Gasteiger partial charge is 0.407 e. The van der Waals surface area contributed by atoms with E-state index >= 15 is 0 Å². The molecule has 1 heterocycles. The van der Waals surface area contributed by atoms with E-state index in [1.54, 1.807) is 6.20 Å². The lowest BCUT2D eigenvalue weighted by Crippen LogP contribution is -2.61. The molecule has 136 valence electrons. The fourth-order valence-electron chi connectivity index (χ4n) is 2.93. The first-order valence-electron chi connectivity index (χ1n) is 8.29. The largest absolute Gasteiger partial charge is 0.444 e. The molecular weight excluding hydrogens is 396 g/mol. The summed E-state index contributed by atoms with van der Waals surface area (Å²) in [4.78, 5) is 16.2. The zero-order valence-corrected chi connectivity index (χ0v) is 16.8. The van der Waals surface area contributed by atoms with Crippen molar-refractivity contribution in [2.75, 3.05) is 13.1 Å². The van der Waals surface area contributed by atoms with Crippen molar-refractivity contribution >= 4 is 38.9 Å². The number of ether oxygens (including phenoxy) is 1. The lowest BCUT2D eigenvalue weighted by atomic mass is 9.82. The van der Waals surface area contributed by atoms with Gasteiger partial charge in [-0.2, -0.15) is 0 Å². The van der Waals surface area contributed by atoms with Crippen molar-refractivity contribution in [3.05, 3.63) is 10.7 Å². The molecule has 24 heavy (non-hydrogen) atoms. The Kier molecular flexibility index (Phi) is 6.56. The lowest BCUT2D eigenvalue weighted by molar-refractivity contribution is 0.0478. The third-order valence-corrected chi connectivity index (χ3v) is 4.75. The average Bonchev–Trinajstić information content (AvgIpc) is 2.48. The van der Waals surface area contributed by atoms with Crippen LogP contribution in [0.15, 0.2) is 15.7 Å². The number of halogens is 2. The molecule has 1 aliphatic heterocycles. The Labute approximate surface area is 157 Å². The van der Waals surface area contributed by atoms with Gasteiger partial charge in [-0.15, -0.1) is 0 Å². The van der Waals surface area contributed by atoms with E-state index in [2.05, 4.69) is 31.7 Å². The number of carbonyl (C=O) groups is 1. The van der Waals surface area contributed by atoms with E-state index in [-0.39, 0.29) is 5.54 Å². The molecule has 1 amide bonds. The fourth-order valence-corrected chi connectivity index (χ4v) is 3.44. The van der Waals surface area contributed by atoms with E-state index in [9.17, 15) is 4.79 Å². The highest BCUT2D eigenvalue weighted by Gasteiger charge is 2.35. The SMILES string of the molecule is CC(C)(C)OC(=O)NCC1(NN2CC(Br)=CN=C2Cl)CCCCC1. The Morgan fingerprint density at radius 1 is 1.42 bits per heavy atom. The van der Waals surface area contributed by atoms with Crippen LogP contribution < -0.4 is 10.7 Å². The monoisotopic (exact) mass is 420 g/mol. The molecule has 1 aliphatic carbocycles. The number of nitrogens with zero attached hydrogens (tertiary/aromatic N) is 2. The van der Waals surface area contributed by atoms with Crippen molar-refractivity contribution in [3.63, 3.8) is 0 Å². The van der Waals surface area contributed by atoms with E-state index in [4.69, 9.17) is 16.3 Å². The molecule has 1 saturated carbocycles. The predicted octanol–water partition coefficient (Wildman–Crippen LogP) is 3.87. The van der Waals surface area contributed by atoms with Crippen molar-refractivity contribution in [2.24, 2.45) is 4.99 Å². The summed E-state index contributed by atoms with van der Waals surface area (Å²) in [7, 11) is 0. The van der Waals surface area contributed by atoms with E-state index in [1.807, 2.05) is 25.8 Å². The van der Waals surface area contributed by atoms with E-state index < -0.39 is 11.7 Å². The predicted molar refractivity (Wildman–Crippen MR) is 100 cm³/mol. The molecule has 0 aromatic rings. The second-order valence-corrected chi connectivity index (χ2v) is 8.73. The highest BCUT2D eigenvalue weighted by atomic mass is 79.9. The number of hydrogen-bond donors (Lipinski definition) is 2. The van der Waals surface area contributed by atoms with Gasteiger partial charge in [0, 0.05) is 17.2 Å². The van der Waals surface area contributed by atoms with Gasteiger partial charge in [0.05, 0.1) is 12.1 Å². The van der Waals surface area contributed by atoms with Gasteiger partial charge < -0.3 is 10.1 Å². The lowest BCUT2D eigenvalue weighted by Gasteiger charge is -2.42. The quantitative estimate of drug-likeness (QED) is 0.676. The standard InChI is InChI=1S/C16H26BrClN4O2/c1-15(2,3)24-14(23)20-11-16(7-5-4-6-8-16)21-22-10-12(17)9-19-13(22)18/h9,21H,4-8,10-11H2,1-3H3,(H,20,23). The first-order chi connectivity index (χ1) is 11.2. The van der Waals surface area contributed by atoms with Crippen LogP contribution in [0.5, 0.6) is 0 Å². The van der Waals surface area contributed by atoms with E-state index in [0.29, 0.717) is 18.4 Å². The third kappa shape index (κ3) is 5.93. The van der Waals surface area contributed by atoms with Crippen molar-refractivity contribution < 1.29 is 9.53 Å². The summed E-state index contributed by atoms with van der Waals surface area (Å²) in [5, 5.41) is 5.14. The summed E-state index contributed by atoms with van der Waals surface area (Å²) in [6, 6.07) is 0. The molecule has 0 bridgehead atoms. The molecule has 0 unspecified atom stereocenters. The van der Waals surface area contributed by atoms with Gasteiger partial charge in [-0.05, 0) is 45.2 Å². The number of amides is 1. The molecule has 0 saturated heterocycles. The number of amidine groups is 1. The van der Waals surface area contributed by atoms with Crippen LogP contribution in [0.3, 0.4) is 0 Å². The normalized spacial score (nSPS) is 21.0. The first-order valence-corrected chi connectivity index (χ1v) is 9.46. The van der Waals surface area contributed by atoms with Crippen LogP contribution in [0, 0.1) is 0 Å². The van der Waals surface area contributed by atoms with Crippen LogP contribution in [-0.2, 0) is 4.74 Å². The number of aliphatic imine (C=N–C) groups is 1. The Bertz CT molecular complexity index is 525. The van der Waals surface area contributed by atoms with Crippen molar-refractivity contribution in [2.45, 2.75) is 64.0 Å². The minimum atomic E-state index is -0.504. The van der Waals surface area contributed by atoms with Gasteiger partial charge in [0.2, 0.25) is 5.29 Å². The molecule has 2 N–H and O–H groups in total. The first kappa shape index (κ1) is 19.5. The molecular formula is C16H26BrClN4O2. The minimum Gasteiger partial charge on any atom is -0.444 e. The number of rotatable bonds is 4. The van der Waals surface area contributed by atoms with Crippen molar-refractivity contribution in [3.8, 4) is 0 Å². The number of hydrogen-bond acceptors (Lipinski definition) is 5. The van der Waals surface area contributed by atoms with Gasteiger partial charge in [-0.3, -0.25) is 5.01 Å². The molecule has 0 spiro atoms. The molecule has 0 aromatic heterocycles. The number of hydrazine groups is 1. The van der Waals surface area contributed by atoms with E-state index in [0.717, 1.165) is 30.2 Å². The zero-order valence-electron chi connectivity index (χ0n) is 14.5. The highest BCUT2D eigenvalue weighted by molar-refractivity contribution is 9.11. The maximum absolute atomic E-state index is 12.0. The Hall–Kier alpha value is -0.790. The van der Waals surface area contributed by atoms with Crippen LogP contribution in [0.1, 0.15) is 52.9 Å². The van der Waals surface area contributed by atoms with Gasteiger partial charge in [0.25, 0.3) is 0 Å². The number of nitrogens with one attached hydrogen (secondary N) is 2. The van der Waals surface area contributed by atoms with Gasteiger partial charge in [-0.25, -0.2) is 15.2 Å². The molecule has 8 heteroatoms. The molecule has 0 radical (unpaired) electrons. The summed E-state index contributed by atoms with van der Waals surface area (Å²) in [5.41, 5.74) is 2.75. The van der Waals surface area contributed by atoms with Crippen molar-refractivity contribution in [1.82, 2.24) is 15.8 Å². The Morgan fingerprint density at radius 2 is 2.08 bits per heavy atom. The van der Waals surface area contributed by atoms with Crippen LogP contribution in [0.2, 0.25) is 0 Å². The van der Waals surface area contributed by atoms with Gasteiger partial charge in [-0.1, -0.05) is 35.2 Å². The maximum atomic E-state index is 12.0. The fraction of sp³-hybridized carbons (Fsp3) is 0.750. The molecule has 2 rings (SSSR count). The topological polar surface area (TPSA) is 66.0 Å². The second kappa shape index (κ2) is 8.06. The van der Waals surface area contributed by atoms with Crippen LogP contribution >= 0.6 is 27.5 Å². The highest BCUT2D eigenvalue weighted by Crippen LogP contribution is 2.29. The molecule has 0 atom stereocenters. The van der Waals surface area contributed by atoms with Crippen LogP contribution in [0.25, 0.3) is 0 Å². The summed E-state index contributed by atoms with van der Waals surface area (Å²) in [6.45, 7) is 6.67. The Morgan fingerprint density at radius 3 is 2.71 bits per heavy atom. The van der Waals surface area contributed by atoms with E-state index in [1.165, 1.54) is 6.42 Å². The van der Waals surface area contributed by atoms with Gasteiger partial charge in [0.15, 0.2) is 0 Å². The molecule has 0 aromatic carbocycles. The minimum absolute atomic E-state index is 0.241. The summed E-state index contributed by atoms with van der Waals surface area (Å²) < 4.78 is 6.29. The second-order valence-electron chi connectivity index (χ2n) is 7.37. The molecule has 6 nitrogen and oxygen atoms in total. The van der Waals surface area contributed by atoms with Crippen LogP contribution in [0.4, 0.5) is 4.79 Å². The number of carbonyl (C=O) groups excluding carboxylic acids is 1. The third-order valence-electron chi connectivity index (χ3n) is 4.00. The Balaban J connectivity index is 2.00. The zero-order chi connectivity index (χ0) is 17.8. The van der Waals surface area contributed by atoms with Crippen LogP contribution in [-0.4, -0.2) is 40.6 Å². The molecule has 1 fully saturated rings. The summed E-state index contributed by atoms with van der Waals surface area (Å²) in [5.74, 6) is 0. The van der Waals surface area contributed by atoms with Crippen molar-refractivity contribution in [1.29, 1.82) is 0 Å². The van der Waals surface area contributed by atoms with Gasteiger partial charge in [0.1, 0.15) is 5.60 Å². The molecule has 2 aliphatic rings. The number of alkyl carbamates (subject to hydrolysis) is 1. The summed E-state index contributed by atoms with van der Waals surface area (Å²) in [6.07, 6.45) is 6.67.